The number of hydrogen-bond donors (Lipinski definition) is 2. The average molecular weight is 515 g/mol. The fraction of sp³-hybridized carbons (Fsp3) is 0.615. The maximum atomic E-state index is 15.3. The van der Waals surface area contributed by atoms with Crippen molar-refractivity contribution in [2.24, 2.45) is 17.0 Å². The standard InChI is InChI=1S/C21H24FN3O4.C5H11N3/c1-29-20-17-13(19(26)14(21(27)28)9-25(17)12-4-5-12)7-15(22)18(20)24-8-11-3-2-6-23-16(11)10-24;1-5(2)3-4-7-8-6/h7,9,11-12,16,23H,2-6,8,10H2,1H3,(H,27,28);5H,3-4H2,1-2H3/t11-,16+;/m0./s1. The maximum Gasteiger partial charge on any atom is 0.341 e. The van der Waals surface area contributed by atoms with Gasteiger partial charge in [-0.3, -0.25) is 4.79 Å². The van der Waals surface area contributed by atoms with Crippen molar-refractivity contribution >= 4 is 22.6 Å². The number of piperidine rings is 1. The summed E-state index contributed by atoms with van der Waals surface area (Å²) in [4.78, 5) is 29.0. The predicted octanol–water partition coefficient (Wildman–Crippen LogP) is 4.71. The van der Waals surface area contributed by atoms with E-state index in [4.69, 9.17) is 10.3 Å². The van der Waals surface area contributed by atoms with Crippen LogP contribution in [-0.4, -0.2) is 55.0 Å². The number of fused-ring (bicyclic) bond motifs is 2. The predicted molar refractivity (Wildman–Crippen MR) is 140 cm³/mol. The van der Waals surface area contributed by atoms with E-state index in [2.05, 4.69) is 29.2 Å². The number of carbonyl (C=O) groups is 1. The van der Waals surface area contributed by atoms with E-state index in [0.717, 1.165) is 45.2 Å². The van der Waals surface area contributed by atoms with E-state index in [9.17, 15) is 14.7 Å². The molecule has 0 spiro atoms. The lowest BCUT2D eigenvalue weighted by Crippen LogP contribution is -2.40. The van der Waals surface area contributed by atoms with Gasteiger partial charge in [0.05, 0.1) is 18.0 Å². The second-order valence-electron chi connectivity index (χ2n) is 10.5. The van der Waals surface area contributed by atoms with E-state index in [1.54, 1.807) is 4.57 Å². The number of pyridine rings is 1. The van der Waals surface area contributed by atoms with Crippen LogP contribution in [0.3, 0.4) is 0 Å². The SMILES string of the molecule is CC(C)CCN=[N+]=[N-].COc1c(N2C[C@@H]3CCCN[C@@H]3C2)c(F)cc2c(=O)c(C(=O)O)cn(C3CC3)c12. The number of ether oxygens (including phenoxy) is 1. The molecule has 11 heteroatoms. The number of carboxylic acid groups (broad SMARTS) is 1. The van der Waals surface area contributed by atoms with Crippen LogP contribution < -0.4 is 20.4 Å². The van der Waals surface area contributed by atoms with Crippen LogP contribution in [0.5, 0.6) is 5.75 Å². The number of aromatic nitrogens is 1. The summed E-state index contributed by atoms with van der Waals surface area (Å²) in [5.74, 6) is -0.428. The van der Waals surface area contributed by atoms with Crippen LogP contribution >= 0.6 is 0 Å². The fourth-order valence-electron chi connectivity index (χ4n) is 5.31. The molecule has 37 heavy (non-hydrogen) atoms. The summed E-state index contributed by atoms with van der Waals surface area (Å²) >= 11 is 0. The molecule has 2 aromatic rings. The number of anilines is 1. The minimum absolute atomic E-state index is 0.0599. The van der Waals surface area contributed by atoms with Crippen LogP contribution in [0.1, 0.15) is 62.4 Å². The van der Waals surface area contributed by atoms with Crippen molar-refractivity contribution in [1.29, 1.82) is 0 Å². The molecule has 0 amide bonds. The average Bonchev–Trinajstić information content (AvgIpc) is 3.62. The zero-order valence-corrected chi connectivity index (χ0v) is 21.6. The first-order valence-corrected chi connectivity index (χ1v) is 12.9. The van der Waals surface area contributed by atoms with Crippen LogP contribution in [0.25, 0.3) is 21.3 Å². The molecule has 1 saturated carbocycles. The van der Waals surface area contributed by atoms with Crippen LogP contribution in [0, 0.1) is 17.7 Å². The minimum atomic E-state index is -1.30. The Bertz CT molecular complexity index is 1250. The minimum Gasteiger partial charge on any atom is -0.492 e. The lowest BCUT2D eigenvalue weighted by molar-refractivity contribution is 0.0694. The molecule has 0 radical (unpaired) electrons. The van der Waals surface area contributed by atoms with Gasteiger partial charge < -0.3 is 24.6 Å². The van der Waals surface area contributed by atoms with Crippen molar-refractivity contribution in [3.63, 3.8) is 0 Å². The van der Waals surface area contributed by atoms with Gasteiger partial charge in [-0.25, -0.2) is 9.18 Å². The number of azide groups is 1. The number of carboxylic acids is 1. The molecule has 200 valence electrons. The Morgan fingerprint density at radius 2 is 2.11 bits per heavy atom. The number of nitrogens with zero attached hydrogens (tertiary/aromatic N) is 5. The number of rotatable bonds is 7. The number of methoxy groups -OCH3 is 1. The Morgan fingerprint density at radius 1 is 1.35 bits per heavy atom. The van der Waals surface area contributed by atoms with Gasteiger partial charge >= 0.3 is 5.97 Å². The Morgan fingerprint density at radius 3 is 2.70 bits per heavy atom. The number of hydrogen-bond acceptors (Lipinski definition) is 6. The molecule has 3 fully saturated rings. The lowest BCUT2D eigenvalue weighted by Gasteiger charge is -2.25. The van der Waals surface area contributed by atoms with Crippen LogP contribution in [-0.2, 0) is 0 Å². The first kappa shape index (κ1) is 26.8. The molecule has 3 heterocycles. The van der Waals surface area contributed by atoms with E-state index in [1.165, 1.54) is 19.4 Å². The van der Waals surface area contributed by atoms with E-state index >= 15 is 4.39 Å². The number of nitrogens with one attached hydrogen (secondary N) is 1. The van der Waals surface area contributed by atoms with Crippen LogP contribution in [0.2, 0.25) is 0 Å². The summed E-state index contributed by atoms with van der Waals surface area (Å²) < 4.78 is 22.8. The molecule has 0 bridgehead atoms. The van der Waals surface area contributed by atoms with Gasteiger partial charge in [-0.2, -0.15) is 0 Å². The monoisotopic (exact) mass is 514 g/mol. The summed E-state index contributed by atoms with van der Waals surface area (Å²) in [7, 11) is 1.48. The van der Waals surface area contributed by atoms with Gasteiger partial charge in [-0.05, 0) is 62.1 Å². The third-order valence-corrected chi connectivity index (χ3v) is 7.36. The van der Waals surface area contributed by atoms with E-state index in [-0.39, 0.29) is 17.0 Å². The number of aromatic carboxylic acids is 1. The number of halogens is 1. The molecule has 2 atom stereocenters. The Balaban J connectivity index is 0.000000349. The van der Waals surface area contributed by atoms with Gasteiger partial charge in [0.25, 0.3) is 0 Å². The van der Waals surface area contributed by atoms with Crippen molar-refractivity contribution in [2.75, 3.05) is 38.2 Å². The third-order valence-electron chi connectivity index (χ3n) is 7.36. The second-order valence-corrected chi connectivity index (χ2v) is 10.5. The van der Waals surface area contributed by atoms with Crippen molar-refractivity contribution in [2.45, 2.75) is 58.0 Å². The van der Waals surface area contributed by atoms with Gasteiger partial charge in [-0.1, -0.05) is 19.0 Å². The van der Waals surface area contributed by atoms with Gasteiger partial charge in [0.2, 0.25) is 5.43 Å². The summed E-state index contributed by atoms with van der Waals surface area (Å²) in [6.07, 6.45) is 6.39. The van der Waals surface area contributed by atoms with Crippen molar-refractivity contribution in [3.8, 4) is 5.75 Å². The topological polar surface area (TPSA) is 133 Å². The first-order chi connectivity index (χ1) is 17.8. The fourth-order valence-corrected chi connectivity index (χ4v) is 5.31. The van der Waals surface area contributed by atoms with E-state index < -0.39 is 17.2 Å². The van der Waals surface area contributed by atoms with Crippen molar-refractivity contribution < 1.29 is 19.0 Å². The highest BCUT2D eigenvalue weighted by molar-refractivity contribution is 5.97. The maximum absolute atomic E-state index is 15.3. The molecule has 1 aromatic carbocycles. The first-order valence-electron chi connectivity index (χ1n) is 12.9. The Hall–Kier alpha value is -3.30. The lowest BCUT2D eigenvalue weighted by atomic mass is 9.94. The zero-order chi connectivity index (χ0) is 26.7. The zero-order valence-electron chi connectivity index (χ0n) is 21.6. The molecule has 3 aliphatic rings. The normalized spacial score (nSPS) is 20.7. The quantitative estimate of drug-likeness (QED) is 0.312. The van der Waals surface area contributed by atoms with E-state index in [1.807, 2.05) is 4.90 Å². The summed E-state index contributed by atoms with van der Waals surface area (Å²) in [5, 5.41) is 16.4. The molecule has 0 unspecified atom stereocenters. The van der Waals surface area contributed by atoms with Crippen LogP contribution in [0.15, 0.2) is 22.2 Å². The van der Waals surface area contributed by atoms with Gasteiger partial charge in [0, 0.05) is 42.8 Å². The number of benzene rings is 1. The Labute approximate surface area is 215 Å². The molecule has 1 aliphatic carbocycles. The molecular weight excluding hydrogens is 479 g/mol. The molecule has 10 nitrogen and oxygen atoms in total. The van der Waals surface area contributed by atoms with Gasteiger partial charge in [0.1, 0.15) is 11.3 Å². The molecule has 5 rings (SSSR count). The smallest absolute Gasteiger partial charge is 0.341 e. The van der Waals surface area contributed by atoms with Crippen molar-refractivity contribution in [3.05, 3.63) is 44.3 Å². The largest absolute Gasteiger partial charge is 0.492 e. The molecule has 1 aromatic heterocycles. The van der Waals surface area contributed by atoms with Gasteiger partial charge in [-0.15, -0.1) is 0 Å². The highest BCUT2D eigenvalue weighted by Crippen LogP contribution is 2.45. The van der Waals surface area contributed by atoms with Gasteiger partial charge in [0.15, 0.2) is 11.6 Å². The third kappa shape index (κ3) is 5.67. The highest BCUT2D eigenvalue weighted by Gasteiger charge is 2.38. The molecule has 2 saturated heterocycles. The molecule has 2 aliphatic heterocycles. The van der Waals surface area contributed by atoms with E-state index in [0.29, 0.717) is 47.9 Å². The van der Waals surface area contributed by atoms with Crippen LogP contribution in [0.4, 0.5) is 10.1 Å². The Kier molecular flexibility index (Phi) is 8.24. The highest BCUT2D eigenvalue weighted by atomic mass is 19.1. The van der Waals surface area contributed by atoms with Crippen molar-refractivity contribution in [1.82, 2.24) is 9.88 Å². The second kappa shape index (κ2) is 11.4. The summed E-state index contributed by atoms with van der Waals surface area (Å²) in [6.45, 7) is 7.24. The molecule has 2 N–H and O–H groups in total. The summed E-state index contributed by atoms with van der Waals surface area (Å²) in [5.41, 5.74) is 7.68. The summed E-state index contributed by atoms with van der Waals surface area (Å²) in [6, 6.07) is 1.62. The molecular formula is C26H35FN6O4.